The summed E-state index contributed by atoms with van der Waals surface area (Å²) in [5.41, 5.74) is 2.85. The number of para-hydroxylation sites is 1. The van der Waals surface area contributed by atoms with Gasteiger partial charge in [-0.15, -0.1) is 0 Å². The van der Waals surface area contributed by atoms with Gasteiger partial charge in [0.15, 0.2) is 0 Å². The van der Waals surface area contributed by atoms with E-state index < -0.39 is 12.1 Å². The lowest BCUT2D eigenvalue weighted by atomic mass is 9.97. The quantitative estimate of drug-likeness (QED) is 0.370. The van der Waals surface area contributed by atoms with Crippen LogP contribution in [0.3, 0.4) is 0 Å². The van der Waals surface area contributed by atoms with E-state index in [0.29, 0.717) is 11.3 Å². The number of ether oxygens (including phenoxy) is 1. The summed E-state index contributed by atoms with van der Waals surface area (Å²) < 4.78 is 5.84. The fraction of sp³-hybridized carbons (Fsp3) is 0.370. The number of aliphatic hydroxyl groups excluding tert-OH is 1. The minimum Gasteiger partial charge on any atom is -0.490 e. The summed E-state index contributed by atoms with van der Waals surface area (Å²) in [5.74, 6) is 6.06. The van der Waals surface area contributed by atoms with Crippen molar-refractivity contribution in [2.45, 2.75) is 59.8 Å². The Balaban J connectivity index is 1.86. The summed E-state index contributed by atoms with van der Waals surface area (Å²) in [6.07, 6.45) is 0.710. The number of aliphatic hydroxyl groups is 1. The zero-order valence-corrected chi connectivity index (χ0v) is 19.6. The molecule has 168 valence electrons. The highest BCUT2D eigenvalue weighted by atomic mass is 16.5. The van der Waals surface area contributed by atoms with Crippen molar-refractivity contribution in [3.8, 4) is 17.6 Å². The van der Waals surface area contributed by atoms with Crippen molar-refractivity contribution in [1.29, 1.82) is 0 Å². The summed E-state index contributed by atoms with van der Waals surface area (Å²) in [7, 11) is 0. The van der Waals surface area contributed by atoms with Crippen LogP contribution in [-0.4, -0.2) is 28.3 Å². The molecular weight excluding hydrogens is 400 g/mol. The Labute approximate surface area is 190 Å². The van der Waals surface area contributed by atoms with Crippen LogP contribution >= 0.6 is 0 Å². The Morgan fingerprint density at radius 3 is 2.53 bits per heavy atom. The van der Waals surface area contributed by atoms with Crippen molar-refractivity contribution in [3.63, 3.8) is 0 Å². The first-order chi connectivity index (χ1) is 15.0. The van der Waals surface area contributed by atoms with Gasteiger partial charge in [0.05, 0.1) is 11.7 Å². The molecule has 0 fully saturated rings. The van der Waals surface area contributed by atoms with Crippen molar-refractivity contribution >= 4 is 16.8 Å². The lowest BCUT2D eigenvalue weighted by Crippen LogP contribution is -2.38. The second-order valence-electron chi connectivity index (χ2n) is 9.37. The Morgan fingerprint density at radius 1 is 1.12 bits per heavy atom. The van der Waals surface area contributed by atoms with Crippen LogP contribution in [0.5, 0.6) is 5.75 Å². The molecule has 5 heteroatoms. The van der Waals surface area contributed by atoms with Gasteiger partial charge in [-0.3, -0.25) is 4.79 Å². The molecule has 0 spiro atoms. The molecule has 1 unspecified atom stereocenters. The second-order valence-corrected chi connectivity index (χ2v) is 9.37. The van der Waals surface area contributed by atoms with Crippen molar-refractivity contribution in [3.05, 3.63) is 65.4 Å². The van der Waals surface area contributed by atoms with E-state index in [1.807, 2.05) is 78.1 Å². The first-order valence-corrected chi connectivity index (χ1v) is 10.9. The van der Waals surface area contributed by atoms with Crippen LogP contribution in [-0.2, 0) is 0 Å². The first-order valence-electron chi connectivity index (χ1n) is 10.9. The largest absolute Gasteiger partial charge is 0.490 e. The predicted molar refractivity (Wildman–Crippen MR) is 129 cm³/mol. The molecule has 0 aliphatic heterocycles. The summed E-state index contributed by atoms with van der Waals surface area (Å²) >= 11 is 0. The summed E-state index contributed by atoms with van der Waals surface area (Å²) in [5, 5.41) is 14.6. The number of amides is 1. The number of H-pyrrole nitrogens is 1. The molecule has 0 saturated carbocycles. The monoisotopic (exact) mass is 432 g/mol. The van der Waals surface area contributed by atoms with Crippen molar-refractivity contribution in [2.75, 3.05) is 0 Å². The van der Waals surface area contributed by atoms with Gasteiger partial charge < -0.3 is 20.1 Å². The van der Waals surface area contributed by atoms with Gasteiger partial charge >= 0.3 is 0 Å². The van der Waals surface area contributed by atoms with E-state index in [1.165, 1.54) is 0 Å². The number of carbonyl (C=O) groups excluding carboxylic acids is 1. The summed E-state index contributed by atoms with van der Waals surface area (Å²) in [6.45, 7) is 11.8. The maximum atomic E-state index is 13.1. The highest BCUT2D eigenvalue weighted by molar-refractivity contribution is 5.97. The molecule has 0 saturated heterocycles. The lowest BCUT2D eigenvalue weighted by Gasteiger charge is -2.21. The van der Waals surface area contributed by atoms with E-state index in [9.17, 15) is 9.90 Å². The number of nitrogens with one attached hydrogen (secondary N) is 2. The predicted octanol–water partition coefficient (Wildman–Crippen LogP) is 5.20. The number of aromatic nitrogens is 1. The van der Waals surface area contributed by atoms with Gasteiger partial charge in [0.1, 0.15) is 12.0 Å². The molecule has 2 atom stereocenters. The summed E-state index contributed by atoms with van der Waals surface area (Å²) in [4.78, 5) is 16.4. The molecule has 2 aromatic carbocycles. The Bertz CT molecular complexity index is 1160. The minimum absolute atomic E-state index is 0.0943. The smallest absolute Gasteiger partial charge is 0.257 e. The first kappa shape index (κ1) is 23.4. The standard InChI is InChI=1S/C27H32N2O3/c1-17(2)32-24-12-11-19(13-14-27(4,5)6)15-21(24)26(31)29-25(30)18(3)22-16-28-23-10-8-7-9-20(22)23/h7-12,15-18,25,28,30H,1-6H3,(H,29,31)/t18-,25?/m1/s1. The third-order valence-electron chi connectivity index (χ3n) is 5.03. The van der Waals surface area contributed by atoms with Gasteiger partial charge in [-0.05, 0) is 64.4 Å². The van der Waals surface area contributed by atoms with E-state index in [4.69, 9.17) is 4.74 Å². The molecule has 32 heavy (non-hydrogen) atoms. The van der Waals surface area contributed by atoms with Gasteiger partial charge in [0.25, 0.3) is 5.91 Å². The molecule has 0 radical (unpaired) electrons. The van der Waals surface area contributed by atoms with Crippen LogP contribution in [0.25, 0.3) is 10.9 Å². The van der Waals surface area contributed by atoms with Crippen molar-refractivity contribution < 1.29 is 14.6 Å². The zero-order valence-electron chi connectivity index (χ0n) is 19.6. The average Bonchev–Trinajstić information content (AvgIpc) is 3.15. The number of carbonyl (C=O) groups is 1. The van der Waals surface area contributed by atoms with Crippen LogP contribution in [0.2, 0.25) is 0 Å². The van der Waals surface area contributed by atoms with Gasteiger partial charge in [-0.2, -0.15) is 0 Å². The molecule has 5 nitrogen and oxygen atoms in total. The highest BCUT2D eigenvalue weighted by Crippen LogP contribution is 2.28. The van der Waals surface area contributed by atoms with Crippen LogP contribution in [0.1, 0.15) is 68.9 Å². The number of hydrogen-bond acceptors (Lipinski definition) is 3. The summed E-state index contributed by atoms with van der Waals surface area (Å²) in [6, 6.07) is 13.2. The Morgan fingerprint density at radius 2 is 1.84 bits per heavy atom. The second kappa shape index (κ2) is 9.50. The number of rotatable bonds is 6. The molecule has 3 rings (SSSR count). The van der Waals surface area contributed by atoms with E-state index in [2.05, 4.69) is 22.1 Å². The van der Waals surface area contributed by atoms with Crippen molar-refractivity contribution in [1.82, 2.24) is 10.3 Å². The van der Waals surface area contributed by atoms with E-state index in [1.54, 1.807) is 12.1 Å². The fourth-order valence-electron chi connectivity index (χ4n) is 3.38. The maximum absolute atomic E-state index is 13.1. The van der Waals surface area contributed by atoms with E-state index >= 15 is 0 Å². The molecule has 1 aromatic heterocycles. The molecule has 0 aliphatic rings. The third-order valence-corrected chi connectivity index (χ3v) is 5.03. The van der Waals surface area contributed by atoms with Gasteiger partial charge in [0, 0.05) is 34.0 Å². The maximum Gasteiger partial charge on any atom is 0.257 e. The third kappa shape index (κ3) is 5.72. The molecule has 0 aliphatic carbocycles. The van der Waals surface area contributed by atoms with E-state index in [-0.39, 0.29) is 17.4 Å². The molecule has 1 heterocycles. The van der Waals surface area contributed by atoms with Crippen molar-refractivity contribution in [2.24, 2.45) is 5.41 Å². The molecule has 1 amide bonds. The topological polar surface area (TPSA) is 74.3 Å². The van der Waals surface area contributed by atoms with Crippen LogP contribution < -0.4 is 10.1 Å². The highest BCUT2D eigenvalue weighted by Gasteiger charge is 2.23. The number of benzene rings is 2. The number of hydrogen-bond donors (Lipinski definition) is 3. The fourth-order valence-corrected chi connectivity index (χ4v) is 3.38. The van der Waals surface area contributed by atoms with Crippen LogP contribution in [0.4, 0.5) is 0 Å². The number of aromatic amines is 1. The SMILES string of the molecule is CC(C)Oc1ccc(C#CC(C)(C)C)cc1C(=O)NC(O)[C@H](C)c1c[nH]c2ccccc12. The average molecular weight is 433 g/mol. The molecule has 3 aromatic rings. The van der Waals surface area contributed by atoms with Gasteiger partial charge in [-0.25, -0.2) is 0 Å². The van der Waals surface area contributed by atoms with Crippen LogP contribution in [0, 0.1) is 17.3 Å². The zero-order chi connectivity index (χ0) is 23.5. The Kier molecular flexibility index (Phi) is 6.96. The Hall–Kier alpha value is -3.23. The molecule has 0 bridgehead atoms. The minimum atomic E-state index is -1.07. The normalized spacial score (nSPS) is 13.4. The molecule has 3 N–H and O–H groups in total. The molecular formula is C27H32N2O3. The lowest BCUT2D eigenvalue weighted by molar-refractivity contribution is 0.0723. The number of fused-ring (bicyclic) bond motifs is 1. The van der Waals surface area contributed by atoms with E-state index in [0.717, 1.165) is 22.0 Å². The van der Waals surface area contributed by atoms with Crippen LogP contribution in [0.15, 0.2) is 48.7 Å². The van der Waals surface area contributed by atoms with Gasteiger partial charge in [-0.1, -0.05) is 37.0 Å². The van der Waals surface area contributed by atoms with Gasteiger partial charge in [0.2, 0.25) is 0 Å².